The van der Waals surface area contributed by atoms with Crippen LogP contribution in [0, 0.1) is 0 Å². The van der Waals surface area contributed by atoms with Gasteiger partial charge in [0.2, 0.25) is 0 Å². The van der Waals surface area contributed by atoms with Gasteiger partial charge in [-0.25, -0.2) is 4.79 Å². The fraction of sp³-hybridized carbons (Fsp3) is 0.632. The van der Waals surface area contributed by atoms with E-state index in [2.05, 4.69) is 48.6 Å². The molecular weight excluding hydrogens is 318 g/mol. The number of hydrogen-bond donors (Lipinski definition) is 1. The lowest BCUT2D eigenvalue weighted by Crippen LogP contribution is -2.41. The molecule has 1 fully saturated rings. The van der Waals surface area contributed by atoms with E-state index in [1.54, 1.807) is 0 Å². The molecule has 0 spiro atoms. The molecule has 1 atom stereocenters. The number of benzene rings is 1. The summed E-state index contributed by atoms with van der Waals surface area (Å²) in [5, 5.41) is 3.08. The maximum absolute atomic E-state index is 12.3. The molecule has 24 heavy (non-hydrogen) atoms. The number of carbonyl (C=O) groups excluding carboxylic acids is 1. The molecule has 4 nitrogen and oxygen atoms in total. The van der Waals surface area contributed by atoms with Crippen LogP contribution in [0.1, 0.15) is 31.2 Å². The van der Waals surface area contributed by atoms with E-state index >= 15 is 0 Å². The van der Waals surface area contributed by atoms with Gasteiger partial charge in [-0.05, 0) is 51.1 Å². The predicted octanol–water partition coefficient (Wildman–Crippen LogP) is 3.44. The van der Waals surface area contributed by atoms with Gasteiger partial charge in [-0.15, -0.1) is 0 Å². The van der Waals surface area contributed by atoms with Gasteiger partial charge < -0.3 is 15.1 Å². The van der Waals surface area contributed by atoms with Gasteiger partial charge in [-0.3, -0.25) is 0 Å². The maximum Gasteiger partial charge on any atom is 0.317 e. The first-order chi connectivity index (χ1) is 11.7. The first-order valence-corrected chi connectivity index (χ1v) is 10.1. The van der Waals surface area contributed by atoms with E-state index in [0.29, 0.717) is 6.04 Å². The summed E-state index contributed by atoms with van der Waals surface area (Å²) >= 11 is 1.93. The van der Waals surface area contributed by atoms with Gasteiger partial charge in [0.15, 0.2) is 0 Å². The van der Waals surface area contributed by atoms with Crippen molar-refractivity contribution < 1.29 is 4.79 Å². The average Bonchev–Trinajstić information content (AvgIpc) is 2.85. The predicted molar refractivity (Wildman–Crippen MR) is 104 cm³/mol. The summed E-state index contributed by atoms with van der Waals surface area (Å²) in [4.78, 5) is 16.5. The second-order valence-electron chi connectivity index (χ2n) is 6.66. The maximum atomic E-state index is 12.3. The Hall–Kier alpha value is -1.20. The fourth-order valence-electron chi connectivity index (χ4n) is 3.04. The molecule has 0 bridgehead atoms. The molecule has 134 valence electrons. The third-order valence-electron chi connectivity index (χ3n) is 4.57. The van der Waals surface area contributed by atoms with Crippen molar-refractivity contribution in [1.29, 1.82) is 0 Å². The second kappa shape index (κ2) is 10.6. The van der Waals surface area contributed by atoms with Crippen molar-refractivity contribution >= 4 is 17.8 Å². The van der Waals surface area contributed by atoms with Crippen LogP contribution in [0.4, 0.5) is 4.79 Å². The Morgan fingerprint density at radius 3 is 2.79 bits per heavy atom. The number of nitrogens with one attached hydrogen (secondary N) is 1. The zero-order valence-electron chi connectivity index (χ0n) is 15.0. The minimum Gasteiger partial charge on any atom is -0.338 e. The van der Waals surface area contributed by atoms with Crippen LogP contribution in [0.15, 0.2) is 30.3 Å². The summed E-state index contributed by atoms with van der Waals surface area (Å²) in [7, 11) is 4.26. The van der Waals surface area contributed by atoms with Gasteiger partial charge in [0.05, 0.1) is 0 Å². The molecular formula is C19H31N3OS. The van der Waals surface area contributed by atoms with Gasteiger partial charge in [0, 0.05) is 31.4 Å². The van der Waals surface area contributed by atoms with E-state index in [1.165, 1.54) is 12.0 Å². The zero-order chi connectivity index (χ0) is 17.2. The summed E-state index contributed by atoms with van der Waals surface area (Å²) in [6, 6.07) is 11.3. The summed E-state index contributed by atoms with van der Waals surface area (Å²) < 4.78 is 0. The smallest absolute Gasteiger partial charge is 0.317 e. The molecule has 1 saturated heterocycles. The van der Waals surface area contributed by atoms with E-state index in [1.807, 2.05) is 22.7 Å². The van der Waals surface area contributed by atoms with Crippen molar-refractivity contribution in [2.24, 2.45) is 0 Å². The van der Waals surface area contributed by atoms with E-state index in [9.17, 15) is 4.79 Å². The number of thioether (sulfide) groups is 1. The molecule has 5 heteroatoms. The quantitative estimate of drug-likeness (QED) is 0.766. The highest BCUT2D eigenvalue weighted by Gasteiger charge is 2.21. The fourth-order valence-corrected chi connectivity index (χ4v) is 3.96. The Bertz CT molecular complexity index is 481. The molecule has 1 aliphatic rings. The van der Waals surface area contributed by atoms with Crippen LogP contribution < -0.4 is 5.32 Å². The zero-order valence-corrected chi connectivity index (χ0v) is 15.9. The molecule has 1 aromatic rings. The molecule has 1 unspecified atom stereocenters. The standard InChI is InChI=1S/C19H31N3OS/c1-21(2)18-10-6-13-22(14-11-18)19(23)20-12-7-15-24-16-17-8-4-3-5-9-17/h3-5,8-9,18H,6-7,10-16H2,1-2H3,(H,20,23). The van der Waals surface area contributed by atoms with Crippen LogP contribution in [0.2, 0.25) is 0 Å². The van der Waals surface area contributed by atoms with Crippen molar-refractivity contribution in [3.63, 3.8) is 0 Å². The third-order valence-corrected chi connectivity index (χ3v) is 5.68. The number of rotatable bonds is 7. The van der Waals surface area contributed by atoms with E-state index in [0.717, 1.165) is 50.4 Å². The molecule has 1 N–H and O–H groups in total. The lowest BCUT2D eigenvalue weighted by atomic mass is 10.1. The topological polar surface area (TPSA) is 35.6 Å². The molecule has 1 aliphatic heterocycles. The Kier molecular flexibility index (Phi) is 8.47. The van der Waals surface area contributed by atoms with Crippen LogP contribution in [0.25, 0.3) is 0 Å². The van der Waals surface area contributed by atoms with Crippen LogP contribution >= 0.6 is 11.8 Å². The summed E-state index contributed by atoms with van der Waals surface area (Å²) in [6.45, 7) is 2.53. The number of likely N-dealkylation sites (tertiary alicyclic amines) is 1. The highest BCUT2D eigenvalue weighted by Crippen LogP contribution is 2.15. The molecule has 0 aliphatic carbocycles. The van der Waals surface area contributed by atoms with Gasteiger partial charge in [0.25, 0.3) is 0 Å². The summed E-state index contributed by atoms with van der Waals surface area (Å²) in [5.74, 6) is 2.13. The average molecular weight is 350 g/mol. The SMILES string of the molecule is CN(C)C1CCCN(C(=O)NCCCSCc2ccccc2)CC1. The second-order valence-corrected chi connectivity index (χ2v) is 7.76. The first-order valence-electron chi connectivity index (χ1n) is 8.97. The molecule has 0 saturated carbocycles. The molecule has 1 aromatic carbocycles. The van der Waals surface area contributed by atoms with Gasteiger partial charge in [-0.2, -0.15) is 11.8 Å². The van der Waals surface area contributed by atoms with Crippen molar-refractivity contribution in [2.45, 2.75) is 37.5 Å². The minimum atomic E-state index is 0.113. The van der Waals surface area contributed by atoms with E-state index < -0.39 is 0 Å². The molecule has 0 radical (unpaired) electrons. The first kappa shape index (κ1) is 19.1. The lowest BCUT2D eigenvalue weighted by molar-refractivity contribution is 0.197. The molecule has 1 heterocycles. The van der Waals surface area contributed by atoms with Crippen LogP contribution in [-0.2, 0) is 5.75 Å². The monoisotopic (exact) mass is 349 g/mol. The van der Waals surface area contributed by atoms with E-state index in [4.69, 9.17) is 0 Å². The Morgan fingerprint density at radius 2 is 2.04 bits per heavy atom. The van der Waals surface area contributed by atoms with Crippen molar-refractivity contribution in [3.8, 4) is 0 Å². The number of carbonyl (C=O) groups is 1. The lowest BCUT2D eigenvalue weighted by Gasteiger charge is -2.23. The molecule has 2 rings (SSSR count). The summed E-state index contributed by atoms with van der Waals surface area (Å²) in [6.07, 6.45) is 4.39. The van der Waals surface area contributed by atoms with Gasteiger partial charge in [-0.1, -0.05) is 30.3 Å². The van der Waals surface area contributed by atoms with Crippen LogP contribution in [-0.4, -0.2) is 61.4 Å². The molecule has 0 aromatic heterocycles. The Morgan fingerprint density at radius 1 is 1.25 bits per heavy atom. The minimum absolute atomic E-state index is 0.113. The van der Waals surface area contributed by atoms with E-state index in [-0.39, 0.29) is 6.03 Å². The van der Waals surface area contributed by atoms with Crippen molar-refractivity contribution in [2.75, 3.05) is 39.5 Å². The largest absolute Gasteiger partial charge is 0.338 e. The Labute approximate surface area is 151 Å². The molecule has 2 amide bonds. The van der Waals surface area contributed by atoms with Gasteiger partial charge in [0.1, 0.15) is 0 Å². The third kappa shape index (κ3) is 6.73. The van der Waals surface area contributed by atoms with Crippen molar-refractivity contribution in [3.05, 3.63) is 35.9 Å². The van der Waals surface area contributed by atoms with Crippen LogP contribution in [0.3, 0.4) is 0 Å². The number of amides is 2. The highest BCUT2D eigenvalue weighted by molar-refractivity contribution is 7.98. The Balaban J connectivity index is 1.56. The number of urea groups is 1. The van der Waals surface area contributed by atoms with Gasteiger partial charge >= 0.3 is 6.03 Å². The number of nitrogens with zero attached hydrogens (tertiary/aromatic N) is 2. The highest BCUT2D eigenvalue weighted by atomic mass is 32.2. The number of hydrogen-bond acceptors (Lipinski definition) is 3. The summed E-state index contributed by atoms with van der Waals surface area (Å²) in [5.41, 5.74) is 1.37. The normalized spacial score (nSPS) is 18.5. The van der Waals surface area contributed by atoms with Crippen molar-refractivity contribution in [1.82, 2.24) is 15.1 Å². The van der Waals surface area contributed by atoms with Crippen LogP contribution in [0.5, 0.6) is 0 Å².